The van der Waals surface area contributed by atoms with Gasteiger partial charge in [0.05, 0.1) is 45.0 Å². The number of pyridine rings is 1. The molecule has 0 saturated heterocycles. The number of hydrogen-bond donors (Lipinski definition) is 0. The van der Waals surface area contributed by atoms with E-state index < -0.39 is 0 Å². The second-order valence-corrected chi connectivity index (χ2v) is 13.2. The molecular formula is C45H26N4. The molecule has 0 bridgehead atoms. The van der Waals surface area contributed by atoms with E-state index in [2.05, 4.69) is 171 Å². The monoisotopic (exact) mass is 622 g/mol. The summed E-state index contributed by atoms with van der Waals surface area (Å²) in [7, 11) is 0. The van der Waals surface area contributed by atoms with Crippen molar-refractivity contribution in [1.82, 2.24) is 18.5 Å². The van der Waals surface area contributed by atoms with Crippen molar-refractivity contribution in [3.8, 4) is 11.4 Å². The second-order valence-electron chi connectivity index (χ2n) is 13.2. The molecule has 0 amide bonds. The van der Waals surface area contributed by atoms with Crippen LogP contribution in [-0.4, -0.2) is 18.5 Å². The lowest BCUT2D eigenvalue weighted by molar-refractivity contribution is 1.11. The van der Waals surface area contributed by atoms with Crippen molar-refractivity contribution >= 4 is 92.6 Å². The van der Waals surface area contributed by atoms with E-state index in [4.69, 9.17) is 4.98 Å². The molecule has 0 atom stereocenters. The Kier molecular flexibility index (Phi) is 4.69. The molecule has 5 aromatic heterocycles. The van der Waals surface area contributed by atoms with Gasteiger partial charge in [0.15, 0.2) is 0 Å². The summed E-state index contributed by atoms with van der Waals surface area (Å²) < 4.78 is 7.24. The zero-order valence-electron chi connectivity index (χ0n) is 26.3. The van der Waals surface area contributed by atoms with Gasteiger partial charge in [0.25, 0.3) is 0 Å². The van der Waals surface area contributed by atoms with Gasteiger partial charge >= 0.3 is 0 Å². The van der Waals surface area contributed by atoms with Gasteiger partial charge in [-0.25, -0.2) is 4.98 Å². The predicted octanol–water partition coefficient (Wildman–Crippen LogP) is 11.6. The van der Waals surface area contributed by atoms with E-state index in [1.807, 2.05) is 0 Å². The van der Waals surface area contributed by atoms with E-state index in [1.165, 1.54) is 76.1 Å². The van der Waals surface area contributed by atoms with E-state index in [0.717, 1.165) is 27.9 Å². The van der Waals surface area contributed by atoms with Gasteiger partial charge in [0.2, 0.25) is 0 Å². The number of aromatic nitrogens is 4. The molecule has 226 valence electrons. The highest BCUT2D eigenvalue weighted by Gasteiger charge is 2.25. The maximum Gasteiger partial charge on any atom is 0.145 e. The Morgan fingerprint density at radius 1 is 0.367 bits per heavy atom. The number of fused-ring (bicyclic) bond motifs is 15. The van der Waals surface area contributed by atoms with Crippen molar-refractivity contribution in [2.75, 3.05) is 0 Å². The van der Waals surface area contributed by atoms with Crippen molar-refractivity contribution in [1.29, 1.82) is 0 Å². The highest BCUT2D eigenvalue weighted by molar-refractivity contribution is 6.36. The minimum atomic E-state index is 0.958. The van der Waals surface area contributed by atoms with E-state index in [0.29, 0.717) is 0 Å². The lowest BCUT2D eigenvalue weighted by atomic mass is 10.0. The van der Waals surface area contributed by atoms with Gasteiger partial charge in [-0.05, 0) is 59.3 Å². The van der Waals surface area contributed by atoms with Crippen LogP contribution in [0.3, 0.4) is 0 Å². The lowest BCUT2D eigenvalue weighted by Crippen LogP contribution is -1.98. The SMILES string of the molecule is c1ccc(-n2c3ccccc3c3cc(-n4c5ccc6ccccc6c5c5cc6c7ccccc7n7c8ccccc8c(c54)c67)cnc32)cc1. The molecule has 4 nitrogen and oxygen atoms in total. The molecule has 0 N–H and O–H groups in total. The number of rotatable bonds is 2. The maximum atomic E-state index is 5.27. The van der Waals surface area contributed by atoms with E-state index in [1.54, 1.807) is 0 Å². The van der Waals surface area contributed by atoms with Gasteiger partial charge in [-0.3, -0.25) is 4.57 Å². The van der Waals surface area contributed by atoms with Crippen LogP contribution in [0.25, 0.3) is 104 Å². The Bertz CT molecular complexity index is 3320. The molecule has 0 fully saturated rings. The van der Waals surface area contributed by atoms with Crippen molar-refractivity contribution in [3.05, 3.63) is 158 Å². The fourth-order valence-corrected chi connectivity index (χ4v) is 8.84. The molecule has 0 radical (unpaired) electrons. The number of nitrogens with zero attached hydrogens (tertiary/aromatic N) is 4. The summed E-state index contributed by atoms with van der Waals surface area (Å²) in [5.41, 5.74) is 10.4. The average molecular weight is 623 g/mol. The molecule has 0 spiro atoms. The fraction of sp³-hybridized carbons (Fsp3) is 0. The summed E-state index contributed by atoms with van der Waals surface area (Å²) >= 11 is 0. The number of para-hydroxylation sites is 4. The largest absolute Gasteiger partial charge is 0.308 e. The molecule has 5 heterocycles. The van der Waals surface area contributed by atoms with Crippen LogP contribution in [0.1, 0.15) is 0 Å². The zero-order chi connectivity index (χ0) is 31.8. The van der Waals surface area contributed by atoms with Crippen LogP contribution in [0.5, 0.6) is 0 Å². The molecule has 49 heavy (non-hydrogen) atoms. The predicted molar refractivity (Wildman–Crippen MR) is 205 cm³/mol. The minimum Gasteiger partial charge on any atom is -0.308 e. The van der Waals surface area contributed by atoms with Crippen LogP contribution in [0.4, 0.5) is 0 Å². The van der Waals surface area contributed by atoms with E-state index in [9.17, 15) is 0 Å². The molecule has 12 rings (SSSR count). The molecule has 12 aromatic rings. The fourth-order valence-electron chi connectivity index (χ4n) is 8.84. The van der Waals surface area contributed by atoms with Crippen molar-refractivity contribution in [2.45, 2.75) is 0 Å². The normalized spacial score (nSPS) is 12.5. The Balaban J connectivity index is 1.32. The molecule has 0 aliphatic rings. The first kappa shape index (κ1) is 25.4. The first-order valence-corrected chi connectivity index (χ1v) is 16.8. The summed E-state index contributed by atoms with van der Waals surface area (Å²) in [5, 5.41) is 12.5. The summed E-state index contributed by atoms with van der Waals surface area (Å²) in [6.07, 6.45) is 2.07. The van der Waals surface area contributed by atoms with Gasteiger partial charge in [-0.15, -0.1) is 0 Å². The third kappa shape index (κ3) is 3.12. The second kappa shape index (κ2) is 9.03. The highest BCUT2D eigenvalue weighted by Crippen LogP contribution is 2.48. The van der Waals surface area contributed by atoms with Gasteiger partial charge in [-0.2, -0.15) is 0 Å². The van der Waals surface area contributed by atoms with Crippen LogP contribution in [0.15, 0.2) is 158 Å². The molecule has 0 aliphatic carbocycles. The molecule has 0 aliphatic heterocycles. The van der Waals surface area contributed by atoms with Crippen LogP contribution < -0.4 is 0 Å². The van der Waals surface area contributed by atoms with Crippen LogP contribution >= 0.6 is 0 Å². The molecule has 4 heteroatoms. The maximum absolute atomic E-state index is 5.27. The Labute approximate surface area is 279 Å². The quantitative estimate of drug-likeness (QED) is 0.188. The average Bonchev–Trinajstić information content (AvgIpc) is 3.89. The zero-order valence-corrected chi connectivity index (χ0v) is 26.3. The van der Waals surface area contributed by atoms with E-state index >= 15 is 0 Å². The molecule has 7 aromatic carbocycles. The van der Waals surface area contributed by atoms with Gasteiger partial charge in [-0.1, -0.05) is 103 Å². The minimum absolute atomic E-state index is 0.958. The van der Waals surface area contributed by atoms with Gasteiger partial charge < -0.3 is 8.97 Å². The van der Waals surface area contributed by atoms with Crippen molar-refractivity contribution in [3.63, 3.8) is 0 Å². The molecule has 0 saturated carbocycles. The lowest BCUT2D eigenvalue weighted by Gasteiger charge is -2.11. The van der Waals surface area contributed by atoms with Crippen molar-refractivity contribution < 1.29 is 0 Å². The summed E-state index contributed by atoms with van der Waals surface area (Å²) in [5.74, 6) is 0. The summed E-state index contributed by atoms with van der Waals surface area (Å²) in [4.78, 5) is 5.27. The van der Waals surface area contributed by atoms with Gasteiger partial charge in [0.1, 0.15) is 5.65 Å². The Morgan fingerprint density at radius 3 is 1.84 bits per heavy atom. The Morgan fingerprint density at radius 2 is 1.02 bits per heavy atom. The first-order chi connectivity index (χ1) is 24.3. The standard InChI is InChI=1S/C45H26N4/c1-2-13-28(14-3-1)48-37-19-9-7-17-32(37)35-24-29(26-46-45(35)48)47-40-23-22-27-12-4-5-15-30(27)41(40)36-25-34-31-16-6-10-20-38(31)49-39-21-11-8-18-33(39)42(43(34)49)44(36)47/h1-26H. The topological polar surface area (TPSA) is 27.2 Å². The van der Waals surface area contributed by atoms with Crippen LogP contribution in [0.2, 0.25) is 0 Å². The highest BCUT2D eigenvalue weighted by atomic mass is 15.1. The molecular weight excluding hydrogens is 597 g/mol. The van der Waals surface area contributed by atoms with Crippen LogP contribution in [0, 0.1) is 0 Å². The smallest absolute Gasteiger partial charge is 0.145 e. The number of hydrogen-bond acceptors (Lipinski definition) is 1. The summed E-state index contributed by atoms with van der Waals surface area (Å²) in [6.45, 7) is 0. The third-order valence-corrected chi connectivity index (χ3v) is 10.8. The van der Waals surface area contributed by atoms with Crippen LogP contribution in [-0.2, 0) is 0 Å². The Hall–Kier alpha value is -6.65. The van der Waals surface area contributed by atoms with Crippen molar-refractivity contribution in [2.24, 2.45) is 0 Å². The third-order valence-electron chi connectivity index (χ3n) is 10.8. The molecule has 0 unspecified atom stereocenters. The first-order valence-electron chi connectivity index (χ1n) is 16.8. The number of benzene rings is 7. The van der Waals surface area contributed by atoms with Gasteiger partial charge in [0, 0.05) is 48.8 Å². The summed E-state index contributed by atoms with van der Waals surface area (Å²) in [6, 6.07) is 55.1. The van der Waals surface area contributed by atoms with E-state index in [-0.39, 0.29) is 0 Å².